The van der Waals surface area contributed by atoms with E-state index in [1.807, 2.05) is 18.2 Å². The molecule has 0 spiro atoms. The van der Waals surface area contributed by atoms with Crippen molar-refractivity contribution in [2.24, 2.45) is 0 Å². The molecule has 0 saturated carbocycles. The average molecular weight is 269 g/mol. The number of rotatable bonds is 1. The van der Waals surface area contributed by atoms with Crippen LogP contribution in [0.25, 0.3) is 0 Å². The zero-order chi connectivity index (χ0) is 13.4. The summed E-state index contributed by atoms with van der Waals surface area (Å²) in [6.07, 6.45) is 7.44. The molecule has 1 aliphatic carbocycles. The highest BCUT2D eigenvalue weighted by Gasteiger charge is 2.32. The largest absolute Gasteiger partial charge is 0.340 e. The van der Waals surface area contributed by atoms with Crippen LogP contribution in [0.15, 0.2) is 59.3 Å². The molecule has 0 radical (unpaired) electrons. The summed E-state index contributed by atoms with van der Waals surface area (Å²) in [6, 6.07) is 6.85. The molecule has 0 unspecified atom stereocenters. The first-order valence-electron chi connectivity index (χ1n) is 5.92. The Labute approximate surface area is 116 Å². The van der Waals surface area contributed by atoms with Gasteiger partial charge in [-0.2, -0.15) is 0 Å². The predicted molar refractivity (Wildman–Crippen MR) is 76.1 cm³/mol. The molecule has 4 heteroatoms. The van der Waals surface area contributed by atoms with Crippen LogP contribution in [-0.4, -0.2) is 23.0 Å². The number of allylic oxidation sites excluding steroid dienone is 4. The Bertz CT molecular complexity index is 670. The van der Waals surface area contributed by atoms with E-state index in [4.69, 9.17) is 0 Å². The van der Waals surface area contributed by atoms with Gasteiger partial charge in [0.15, 0.2) is 0 Å². The number of Topliss-reactive ketones (excluding diaryl/α,β-unsaturated/α-hetero) is 2. The molecule has 0 N–H and O–H groups in total. The van der Waals surface area contributed by atoms with Crippen LogP contribution in [0, 0.1) is 0 Å². The number of benzene rings is 1. The summed E-state index contributed by atoms with van der Waals surface area (Å²) in [4.78, 5) is 26.7. The number of hydrogen-bond donors (Lipinski definition) is 1. The fourth-order valence-electron chi connectivity index (χ4n) is 2.25. The monoisotopic (exact) mass is 269 g/mol. The lowest BCUT2D eigenvalue weighted by Gasteiger charge is -2.27. The first kappa shape index (κ1) is 12.0. The minimum Gasteiger partial charge on any atom is -0.340 e. The zero-order valence-electron chi connectivity index (χ0n) is 10.0. The average Bonchev–Trinajstić information content (AvgIpc) is 2.46. The van der Waals surface area contributed by atoms with Crippen molar-refractivity contribution < 1.29 is 9.59 Å². The number of hydrogen-bond acceptors (Lipinski definition) is 4. The molecule has 1 aliphatic heterocycles. The Morgan fingerprint density at radius 1 is 1.00 bits per heavy atom. The Hall–Kier alpha value is -2.07. The van der Waals surface area contributed by atoms with Gasteiger partial charge in [0.1, 0.15) is 5.70 Å². The quantitative estimate of drug-likeness (QED) is 0.796. The lowest BCUT2D eigenvalue weighted by Crippen LogP contribution is -2.30. The third-order valence-electron chi connectivity index (χ3n) is 3.17. The summed E-state index contributed by atoms with van der Waals surface area (Å²) >= 11 is 4.25. The molecule has 0 saturated heterocycles. The van der Waals surface area contributed by atoms with Gasteiger partial charge in [-0.15, -0.1) is 12.6 Å². The number of carbonyl (C=O) groups excluding carboxylic acids is 2. The van der Waals surface area contributed by atoms with E-state index in [0.29, 0.717) is 23.4 Å². The van der Waals surface area contributed by atoms with Gasteiger partial charge in [0.2, 0.25) is 11.6 Å². The van der Waals surface area contributed by atoms with Crippen LogP contribution in [0.5, 0.6) is 0 Å². The summed E-state index contributed by atoms with van der Waals surface area (Å²) < 4.78 is 0. The summed E-state index contributed by atoms with van der Waals surface area (Å²) in [5.74, 6) is -0.350. The van der Waals surface area contributed by atoms with Crippen molar-refractivity contribution in [3.8, 4) is 0 Å². The SMILES string of the molecule is O=C1C(S)=C(N2C=CC=CC2)C(=O)c2ccccc21. The van der Waals surface area contributed by atoms with Crippen molar-refractivity contribution in [1.82, 2.24) is 4.90 Å². The summed E-state index contributed by atoms with van der Waals surface area (Å²) in [7, 11) is 0. The molecule has 3 nitrogen and oxygen atoms in total. The maximum absolute atomic E-state index is 12.5. The smallest absolute Gasteiger partial charge is 0.211 e. The minimum atomic E-state index is -0.198. The van der Waals surface area contributed by atoms with E-state index in [0.717, 1.165) is 0 Å². The Balaban J connectivity index is 2.13. The normalized spacial score (nSPS) is 18.1. The standard InChI is InChI=1S/C15H11NO2S/c17-13-10-6-2-3-7-11(10)14(18)15(19)12(13)16-8-4-1-5-9-16/h1-8,19H,9H2. The second kappa shape index (κ2) is 4.55. The lowest BCUT2D eigenvalue weighted by atomic mass is 9.92. The molecule has 94 valence electrons. The number of fused-ring (bicyclic) bond motifs is 1. The van der Waals surface area contributed by atoms with Crippen molar-refractivity contribution in [2.45, 2.75) is 0 Å². The van der Waals surface area contributed by atoms with Gasteiger partial charge >= 0.3 is 0 Å². The summed E-state index contributed by atoms with van der Waals surface area (Å²) in [6.45, 7) is 0.567. The van der Waals surface area contributed by atoms with E-state index in [9.17, 15) is 9.59 Å². The van der Waals surface area contributed by atoms with Crippen LogP contribution >= 0.6 is 12.6 Å². The third-order valence-corrected chi connectivity index (χ3v) is 3.59. The molecule has 19 heavy (non-hydrogen) atoms. The van der Waals surface area contributed by atoms with Gasteiger partial charge < -0.3 is 4.90 Å². The second-order valence-electron chi connectivity index (χ2n) is 4.32. The van der Waals surface area contributed by atoms with Crippen molar-refractivity contribution in [3.63, 3.8) is 0 Å². The minimum absolute atomic E-state index is 0.153. The fraction of sp³-hybridized carbons (Fsp3) is 0.0667. The molecule has 1 aromatic rings. The Morgan fingerprint density at radius 2 is 1.68 bits per heavy atom. The zero-order valence-corrected chi connectivity index (χ0v) is 10.9. The first-order chi connectivity index (χ1) is 9.20. The molecule has 0 atom stereocenters. The summed E-state index contributed by atoms with van der Waals surface area (Å²) in [5, 5.41) is 0. The molecule has 1 heterocycles. The number of ketones is 2. The van der Waals surface area contributed by atoms with Crippen LogP contribution in [0.4, 0.5) is 0 Å². The maximum atomic E-state index is 12.5. The van der Waals surface area contributed by atoms with E-state index in [2.05, 4.69) is 12.6 Å². The molecular weight excluding hydrogens is 258 g/mol. The van der Waals surface area contributed by atoms with Gasteiger partial charge in [0.25, 0.3) is 0 Å². The lowest BCUT2D eigenvalue weighted by molar-refractivity contribution is 0.0960. The van der Waals surface area contributed by atoms with E-state index in [-0.39, 0.29) is 16.5 Å². The third kappa shape index (κ3) is 1.85. The molecule has 0 amide bonds. The van der Waals surface area contributed by atoms with Crippen molar-refractivity contribution in [3.05, 3.63) is 70.4 Å². The van der Waals surface area contributed by atoms with E-state index < -0.39 is 0 Å². The van der Waals surface area contributed by atoms with Crippen molar-refractivity contribution in [1.29, 1.82) is 0 Å². The van der Waals surface area contributed by atoms with Crippen LogP contribution < -0.4 is 0 Å². The number of carbonyl (C=O) groups is 2. The Morgan fingerprint density at radius 3 is 2.32 bits per heavy atom. The predicted octanol–water partition coefficient (Wildman–Crippen LogP) is 2.59. The van der Waals surface area contributed by atoms with E-state index in [1.165, 1.54) is 0 Å². The van der Waals surface area contributed by atoms with Crippen molar-refractivity contribution in [2.75, 3.05) is 6.54 Å². The highest BCUT2D eigenvalue weighted by atomic mass is 32.1. The van der Waals surface area contributed by atoms with Gasteiger partial charge in [-0.3, -0.25) is 9.59 Å². The van der Waals surface area contributed by atoms with Crippen LogP contribution in [0.3, 0.4) is 0 Å². The molecule has 0 aromatic heterocycles. The van der Waals surface area contributed by atoms with E-state index in [1.54, 1.807) is 35.4 Å². The molecule has 0 bridgehead atoms. The van der Waals surface area contributed by atoms with Gasteiger partial charge in [-0.25, -0.2) is 0 Å². The molecule has 3 rings (SSSR count). The van der Waals surface area contributed by atoms with Crippen LogP contribution in [0.1, 0.15) is 20.7 Å². The van der Waals surface area contributed by atoms with Gasteiger partial charge in [0, 0.05) is 23.9 Å². The second-order valence-corrected chi connectivity index (χ2v) is 4.77. The van der Waals surface area contributed by atoms with Crippen molar-refractivity contribution >= 4 is 24.2 Å². The topological polar surface area (TPSA) is 37.4 Å². The van der Waals surface area contributed by atoms with Crippen LogP contribution in [0.2, 0.25) is 0 Å². The molecule has 0 fully saturated rings. The van der Waals surface area contributed by atoms with Crippen LogP contribution in [-0.2, 0) is 0 Å². The number of nitrogens with zero attached hydrogens (tertiary/aromatic N) is 1. The highest BCUT2D eigenvalue weighted by Crippen LogP contribution is 2.30. The maximum Gasteiger partial charge on any atom is 0.211 e. The highest BCUT2D eigenvalue weighted by molar-refractivity contribution is 7.85. The molecular formula is C15H11NO2S. The Kier molecular flexibility index (Phi) is 2.87. The molecule has 2 aliphatic rings. The van der Waals surface area contributed by atoms with Gasteiger partial charge in [-0.1, -0.05) is 36.4 Å². The summed E-state index contributed by atoms with van der Waals surface area (Å²) in [5.41, 5.74) is 1.23. The fourth-order valence-corrected chi connectivity index (χ4v) is 2.60. The van der Waals surface area contributed by atoms with Gasteiger partial charge in [0.05, 0.1) is 4.91 Å². The van der Waals surface area contributed by atoms with E-state index >= 15 is 0 Å². The van der Waals surface area contributed by atoms with Gasteiger partial charge in [-0.05, 0) is 6.08 Å². The number of thiol groups is 1. The first-order valence-corrected chi connectivity index (χ1v) is 6.36. The molecule has 1 aromatic carbocycles.